The van der Waals surface area contributed by atoms with Gasteiger partial charge in [0.15, 0.2) is 0 Å². The average Bonchev–Trinajstić information content (AvgIpc) is 2.65. The highest BCUT2D eigenvalue weighted by Gasteiger charge is 2.52. The van der Waals surface area contributed by atoms with Crippen molar-refractivity contribution in [1.82, 2.24) is 4.72 Å². The second-order valence-electron chi connectivity index (χ2n) is 6.67. The predicted octanol–water partition coefficient (Wildman–Crippen LogP) is 1.81. The Labute approximate surface area is 137 Å². The van der Waals surface area contributed by atoms with E-state index in [9.17, 15) is 12.8 Å². The van der Waals surface area contributed by atoms with Gasteiger partial charge in [-0.15, -0.1) is 0 Å². The Morgan fingerprint density at radius 3 is 2.22 bits per heavy atom. The number of benzene rings is 1. The molecular weight excluding hydrogens is 320 g/mol. The zero-order valence-corrected chi connectivity index (χ0v) is 15.0. The fraction of sp³-hybridized carbons (Fsp3) is 0.600. The first kappa shape index (κ1) is 18.4. The molecule has 5 nitrogen and oxygen atoms in total. The molecule has 1 aliphatic rings. The van der Waals surface area contributed by atoms with Gasteiger partial charge in [-0.3, -0.25) is 0 Å². The van der Waals surface area contributed by atoms with Gasteiger partial charge in [-0.25, -0.2) is 17.5 Å². The molecule has 0 saturated carbocycles. The quantitative estimate of drug-likeness (QED) is 0.829. The Morgan fingerprint density at radius 1 is 1.17 bits per heavy atom. The van der Waals surface area contributed by atoms with E-state index in [4.69, 9.17) is 9.31 Å². The minimum Gasteiger partial charge on any atom is -0.399 e. The molecule has 0 atom stereocenters. The van der Waals surface area contributed by atoms with Gasteiger partial charge >= 0.3 is 7.12 Å². The summed E-state index contributed by atoms with van der Waals surface area (Å²) in [5.74, 6) is -0.664. The summed E-state index contributed by atoms with van der Waals surface area (Å²) in [6.07, 6.45) is 0.660. The molecule has 128 valence electrons. The first-order valence-corrected chi connectivity index (χ1v) is 9.13. The molecule has 0 unspecified atom stereocenters. The van der Waals surface area contributed by atoms with Crippen LogP contribution in [0, 0.1) is 5.82 Å². The molecule has 1 fully saturated rings. The highest BCUT2D eigenvalue weighted by atomic mass is 32.2. The number of nitrogens with one attached hydrogen (secondary N) is 1. The molecule has 1 aliphatic heterocycles. The van der Waals surface area contributed by atoms with Crippen LogP contribution in [0.2, 0.25) is 0 Å². The lowest BCUT2D eigenvalue weighted by Crippen LogP contribution is -2.41. The maximum Gasteiger partial charge on any atom is 0.497 e. The Morgan fingerprint density at radius 2 is 1.74 bits per heavy atom. The van der Waals surface area contributed by atoms with Crippen LogP contribution >= 0.6 is 0 Å². The van der Waals surface area contributed by atoms with E-state index in [-0.39, 0.29) is 10.4 Å². The fourth-order valence-corrected chi connectivity index (χ4v) is 3.30. The van der Waals surface area contributed by atoms with Gasteiger partial charge < -0.3 is 9.31 Å². The monoisotopic (exact) mass is 343 g/mol. The maximum absolute atomic E-state index is 14.4. The molecule has 1 aromatic rings. The largest absolute Gasteiger partial charge is 0.497 e. The van der Waals surface area contributed by atoms with Crippen LogP contribution in [0.25, 0.3) is 0 Å². The van der Waals surface area contributed by atoms with Crippen LogP contribution < -0.4 is 10.2 Å². The third-order valence-corrected chi connectivity index (χ3v) is 5.79. The molecule has 2 rings (SSSR count). The Balaban J connectivity index is 2.28. The molecule has 23 heavy (non-hydrogen) atoms. The second-order valence-corrected chi connectivity index (χ2v) is 8.44. The Hall–Kier alpha value is -0.955. The van der Waals surface area contributed by atoms with Crippen LogP contribution in [0.5, 0.6) is 0 Å². The first-order valence-electron chi connectivity index (χ1n) is 7.65. The number of hydrogen-bond acceptors (Lipinski definition) is 4. The summed E-state index contributed by atoms with van der Waals surface area (Å²) in [7, 11) is -4.56. The molecule has 0 aliphatic carbocycles. The van der Waals surface area contributed by atoms with Crippen molar-refractivity contribution in [3.63, 3.8) is 0 Å². The molecule has 0 amide bonds. The predicted molar refractivity (Wildman–Crippen MR) is 87.6 cm³/mol. The van der Waals surface area contributed by atoms with Gasteiger partial charge in [0.05, 0.1) is 16.1 Å². The number of halogens is 1. The smallest absolute Gasteiger partial charge is 0.399 e. The van der Waals surface area contributed by atoms with Gasteiger partial charge in [-0.2, -0.15) is 0 Å². The second kappa shape index (κ2) is 6.16. The molecule has 0 radical (unpaired) electrons. The van der Waals surface area contributed by atoms with Crippen molar-refractivity contribution >= 4 is 22.6 Å². The molecule has 0 bridgehead atoms. The lowest BCUT2D eigenvalue weighted by atomic mass is 9.79. The van der Waals surface area contributed by atoms with Crippen LogP contribution in [0.4, 0.5) is 4.39 Å². The van der Waals surface area contributed by atoms with E-state index in [2.05, 4.69) is 4.72 Å². The summed E-state index contributed by atoms with van der Waals surface area (Å²) in [5.41, 5.74) is -0.979. The summed E-state index contributed by atoms with van der Waals surface area (Å²) in [6.45, 7) is 9.65. The van der Waals surface area contributed by atoms with E-state index in [1.807, 2.05) is 34.6 Å². The highest BCUT2D eigenvalue weighted by molar-refractivity contribution is 7.89. The van der Waals surface area contributed by atoms with Gasteiger partial charge in [0, 0.05) is 12.0 Å². The zero-order chi connectivity index (χ0) is 17.5. The standard InChI is InChI=1S/C15H23BFNO4S/c1-6-9-18-23(19,20)11-7-8-12(13(17)10-11)16-21-14(2,3)15(4,5)22-16/h7-8,10,18H,6,9H2,1-5H3. The number of rotatable bonds is 5. The van der Waals surface area contributed by atoms with Crippen molar-refractivity contribution < 1.29 is 22.1 Å². The van der Waals surface area contributed by atoms with Gasteiger partial charge in [0.2, 0.25) is 10.0 Å². The van der Waals surface area contributed by atoms with Crippen LogP contribution in [0.3, 0.4) is 0 Å². The van der Waals surface area contributed by atoms with E-state index < -0.39 is 34.2 Å². The topological polar surface area (TPSA) is 64.6 Å². The lowest BCUT2D eigenvalue weighted by molar-refractivity contribution is 0.00578. The van der Waals surface area contributed by atoms with Gasteiger partial charge in [0.25, 0.3) is 0 Å². The summed E-state index contributed by atoms with van der Waals surface area (Å²) >= 11 is 0. The van der Waals surface area contributed by atoms with Crippen molar-refractivity contribution in [1.29, 1.82) is 0 Å². The van der Waals surface area contributed by atoms with E-state index in [1.54, 1.807) is 0 Å². The molecule has 1 N–H and O–H groups in total. The lowest BCUT2D eigenvalue weighted by Gasteiger charge is -2.32. The summed E-state index contributed by atoms with van der Waals surface area (Å²) in [4.78, 5) is -0.108. The van der Waals surface area contributed by atoms with Crippen molar-refractivity contribution in [2.45, 2.75) is 57.1 Å². The van der Waals surface area contributed by atoms with Crippen molar-refractivity contribution in [3.8, 4) is 0 Å². The van der Waals surface area contributed by atoms with E-state index in [0.717, 1.165) is 6.07 Å². The molecule has 1 saturated heterocycles. The number of hydrogen-bond donors (Lipinski definition) is 1. The minimum atomic E-state index is -3.70. The SMILES string of the molecule is CCCNS(=O)(=O)c1ccc(B2OC(C)(C)C(C)(C)O2)c(F)c1. The van der Waals surface area contributed by atoms with Crippen molar-refractivity contribution in [3.05, 3.63) is 24.0 Å². The summed E-state index contributed by atoms with van der Waals surface area (Å²) in [5, 5.41) is 0. The highest BCUT2D eigenvalue weighted by Crippen LogP contribution is 2.36. The summed E-state index contributed by atoms with van der Waals surface area (Å²) in [6, 6.07) is 3.76. The van der Waals surface area contributed by atoms with Gasteiger partial charge in [-0.05, 0) is 46.2 Å². The van der Waals surface area contributed by atoms with Gasteiger partial charge in [0.1, 0.15) is 5.82 Å². The molecule has 8 heteroatoms. The molecule has 0 aromatic heterocycles. The van der Waals surface area contributed by atoms with E-state index in [1.165, 1.54) is 12.1 Å². The van der Waals surface area contributed by atoms with Gasteiger partial charge in [-0.1, -0.05) is 13.0 Å². The van der Waals surface area contributed by atoms with E-state index >= 15 is 0 Å². The van der Waals surface area contributed by atoms with Crippen LogP contribution in [-0.4, -0.2) is 33.3 Å². The van der Waals surface area contributed by atoms with Crippen LogP contribution in [0.1, 0.15) is 41.0 Å². The number of sulfonamides is 1. The normalized spacial score (nSPS) is 20.0. The molecule has 1 aromatic carbocycles. The molecule has 0 spiro atoms. The Kier molecular flexibility index (Phi) is 4.93. The van der Waals surface area contributed by atoms with E-state index in [0.29, 0.717) is 13.0 Å². The first-order chi connectivity index (χ1) is 10.5. The maximum atomic E-state index is 14.4. The minimum absolute atomic E-state index is 0.108. The van der Waals surface area contributed by atoms with Crippen LogP contribution in [0.15, 0.2) is 23.1 Å². The molecular formula is C15H23BFNO4S. The average molecular weight is 343 g/mol. The third kappa shape index (κ3) is 3.60. The molecule has 1 heterocycles. The Bertz CT molecular complexity index is 675. The fourth-order valence-electron chi connectivity index (χ4n) is 2.16. The van der Waals surface area contributed by atoms with Crippen molar-refractivity contribution in [2.24, 2.45) is 0 Å². The third-order valence-electron chi connectivity index (χ3n) is 4.33. The zero-order valence-electron chi connectivity index (χ0n) is 14.1. The van der Waals surface area contributed by atoms with Crippen molar-refractivity contribution in [2.75, 3.05) is 6.54 Å². The van der Waals surface area contributed by atoms with Crippen LogP contribution in [-0.2, 0) is 19.3 Å². The summed E-state index contributed by atoms with van der Waals surface area (Å²) < 4.78 is 52.5.